The van der Waals surface area contributed by atoms with Crippen molar-refractivity contribution < 1.29 is 4.74 Å². The number of aromatic nitrogens is 1. The number of thiophene rings is 1. The van der Waals surface area contributed by atoms with Crippen LogP contribution in [0, 0.1) is 0 Å². The summed E-state index contributed by atoms with van der Waals surface area (Å²) in [5.74, 6) is 0.814. The Labute approximate surface area is 179 Å². The molecule has 0 saturated carbocycles. The van der Waals surface area contributed by atoms with Crippen molar-refractivity contribution in [1.82, 2.24) is 14.8 Å². The molecule has 1 aliphatic heterocycles. The first-order chi connectivity index (χ1) is 14.6. The van der Waals surface area contributed by atoms with E-state index in [1.807, 2.05) is 23.6 Å². The predicted molar refractivity (Wildman–Crippen MR) is 125 cm³/mol. The number of methoxy groups -OCH3 is 1. The fraction of sp³-hybridized carbons (Fsp3) is 0.292. The minimum Gasteiger partial charge on any atom is -0.496 e. The topological polar surface area (TPSA) is 48.6 Å². The number of fused-ring (bicyclic) bond motifs is 3. The van der Waals surface area contributed by atoms with Crippen molar-refractivity contribution in [2.75, 3.05) is 40.3 Å². The molecule has 5 nitrogen and oxygen atoms in total. The number of nitrogens with zero attached hydrogens (tertiary/aromatic N) is 2. The van der Waals surface area contributed by atoms with Crippen LogP contribution < -0.4 is 10.3 Å². The second-order valence-electron chi connectivity index (χ2n) is 7.96. The molecule has 0 bridgehead atoms. The molecule has 2 aromatic carbocycles. The lowest BCUT2D eigenvalue weighted by Gasteiger charge is -2.32. The number of aromatic amines is 1. The molecule has 0 spiro atoms. The monoisotopic (exact) mass is 419 g/mol. The van der Waals surface area contributed by atoms with Crippen LogP contribution in [0.25, 0.3) is 32.1 Å². The maximum Gasteiger partial charge on any atom is 0.266 e. The van der Waals surface area contributed by atoms with E-state index in [-0.39, 0.29) is 5.56 Å². The van der Waals surface area contributed by atoms with Crippen molar-refractivity contribution in [3.05, 3.63) is 63.8 Å². The van der Waals surface area contributed by atoms with Crippen molar-refractivity contribution >= 4 is 32.3 Å². The number of H-pyrrole nitrogens is 1. The summed E-state index contributed by atoms with van der Waals surface area (Å²) in [7, 11) is 3.88. The summed E-state index contributed by atoms with van der Waals surface area (Å²) < 4.78 is 6.48. The molecule has 1 saturated heterocycles. The highest BCUT2D eigenvalue weighted by atomic mass is 32.1. The smallest absolute Gasteiger partial charge is 0.266 e. The Morgan fingerprint density at radius 3 is 2.53 bits per heavy atom. The fourth-order valence-electron chi connectivity index (χ4n) is 4.33. The van der Waals surface area contributed by atoms with Gasteiger partial charge >= 0.3 is 0 Å². The average molecular weight is 420 g/mol. The van der Waals surface area contributed by atoms with Gasteiger partial charge in [-0.2, -0.15) is 0 Å². The number of piperazine rings is 1. The van der Waals surface area contributed by atoms with Crippen LogP contribution in [0.15, 0.2) is 52.6 Å². The quantitative estimate of drug-likeness (QED) is 0.540. The number of hydrogen-bond donors (Lipinski definition) is 1. The molecule has 4 aromatic rings. The molecule has 1 N–H and O–H groups in total. The lowest BCUT2D eigenvalue weighted by Crippen LogP contribution is -2.43. The molecule has 30 heavy (non-hydrogen) atoms. The molecular formula is C24H25N3O2S. The van der Waals surface area contributed by atoms with Gasteiger partial charge in [0, 0.05) is 54.6 Å². The molecule has 3 heterocycles. The molecule has 154 valence electrons. The van der Waals surface area contributed by atoms with Crippen LogP contribution in [-0.4, -0.2) is 55.1 Å². The number of hydrogen-bond acceptors (Lipinski definition) is 5. The second kappa shape index (κ2) is 7.87. The summed E-state index contributed by atoms with van der Waals surface area (Å²) in [5, 5.41) is 3.99. The third-order valence-corrected chi connectivity index (χ3v) is 6.93. The molecule has 5 rings (SSSR count). The lowest BCUT2D eigenvalue weighted by molar-refractivity contribution is 0.148. The first-order valence-corrected chi connectivity index (χ1v) is 11.1. The zero-order valence-electron chi connectivity index (χ0n) is 17.3. The number of nitrogens with one attached hydrogen (secondary N) is 1. The number of pyridine rings is 1. The van der Waals surface area contributed by atoms with E-state index in [0.717, 1.165) is 70.6 Å². The van der Waals surface area contributed by atoms with Crippen molar-refractivity contribution in [1.29, 1.82) is 0 Å². The molecule has 0 unspecified atom stereocenters. The van der Waals surface area contributed by atoms with Gasteiger partial charge in [0.15, 0.2) is 0 Å². The molecule has 0 amide bonds. The normalized spacial score (nSPS) is 15.8. The summed E-state index contributed by atoms with van der Waals surface area (Å²) in [6.45, 7) is 5.45. The minimum absolute atomic E-state index is 0.0360. The van der Waals surface area contributed by atoms with Crippen LogP contribution in [0.5, 0.6) is 5.75 Å². The summed E-state index contributed by atoms with van der Waals surface area (Å²) in [6.07, 6.45) is 0. The summed E-state index contributed by atoms with van der Waals surface area (Å²) in [6, 6.07) is 14.7. The second-order valence-corrected chi connectivity index (χ2v) is 8.88. The molecule has 1 fully saturated rings. The van der Waals surface area contributed by atoms with Crippen molar-refractivity contribution in [2.24, 2.45) is 0 Å². The Hall–Kier alpha value is -2.67. The van der Waals surface area contributed by atoms with Crippen molar-refractivity contribution in [2.45, 2.75) is 6.54 Å². The van der Waals surface area contributed by atoms with Crippen LogP contribution in [0.2, 0.25) is 0 Å². The van der Waals surface area contributed by atoms with Gasteiger partial charge in [0.2, 0.25) is 0 Å². The highest BCUT2D eigenvalue weighted by Gasteiger charge is 2.17. The number of likely N-dealkylation sites (N-methyl/N-ethyl adjacent to an activating group) is 1. The zero-order chi connectivity index (χ0) is 20.7. The van der Waals surface area contributed by atoms with Crippen LogP contribution >= 0.6 is 11.3 Å². The molecule has 0 aliphatic carbocycles. The van der Waals surface area contributed by atoms with E-state index in [0.29, 0.717) is 0 Å². The molecule has 6 heteroatoms. The van der Waals surface area contributed by atoms with Crippen LogP contribution in [-0.2, 0) is 6.54 Å². The van der Waals surface area contributed by atoms with Gasteiger partial charge in [0.1, 0.15) is 10.4 Å². The van der Waals surface area contributed by atoms with E-state index in [9.17, 15) is 4.79 Å². The highest BCUT2D eigenvalue weighted by Crippen LogP contribution is 2.40. The third-order valence-electron chi connectivity index (χ3n) is 6.02. The Kier molecular flexibility index (Phi) is 5.06. The number of ether oxygens (including phenoxy) is 1. The zero-order valence-corrected chi connectivity index (χ0v) is 18.1. The molecule has 0 atom stereocenters. The van der Waals surface area contributed by atoms with Gasteiger partial charge in [-0.25, -0.2) is 0 Å². The van der Waals surface area contributed by atoms with E-state index in [4.69, 9.17) is 4.74 Å². The van der Waals surface area contributed by atoms with Gasteiger partial charge in [0.25, 0.3) is 5.56 Å². The Morgan fingerprint density at radius 2 is 1.80 bits per heavy atom. The molecule has 2 aromatic heterocycles. The average Bonchev–Trinajstić information content (AvgIpc) is 3.26. The first-order valence-electron chi connectivity index (χ1n) is 10.2. The third kappa shape index (κ3) is 3.41. The van der Waals surface area contributed by atoms with Gasteiger partial charge in [-0.05, 0) is 41.8 Å². The van der Waals surface area contributed by atoms with Crippen LogP contribution in [0.1, 0.15) is 5.56 Å². The van der Waals surface area contributed by atoms with Crippen LogP contribution in [0.3, 0.4) is 0 Å². The van der Waals surface area contributed by atoms with E-state index in [2.05, 4.69) is 46.1 Å². The first kappa shape index (κ1) is 19.3. The number of rotatable bonds is 4. The van der Waals surface area contributed by atoms with E-state index < -0.39 is 0 Å². The number of benzene rings is 2. The van der Waals surface area contributed by atoms with Gasteiger partial charge in [0.05, 0.1) is 7.11 Å². The fourth-order valence-corrected chi connectivity index (χ4v) is 5.12. The van der Waals surface area contributed by atoms with Crippen molar-refractivity contribution in [3.63, 3.8) is 0 Å². The lowest BCUT2D eigenvalue weighted by atomic mass is 9.96. The summed E-state index contributed by atoms with van der Waals surface area (Å²) in [4.78, 5) is 20.3. The Bertz CT molecular complexity index is 1250. The Balaban J connectivity index is 1.57. The Morgan fingerprint density at radius 1 is 1.03 bits per heavy atom. The maximum absolute atomic E-state index is 12.4. The van der Waals surface area contributed by atoms with Crippen molar-refractivity contribution in [3.8, 4) is 16.9 Å². The molecular weight excluding hydrogens is 394 g/mol. The SMILES string of the molecule is COc1ccc2[nH]c(=O)c3sccc3c2c1-c1ccc(CN2CCN(C)CC2)cc1. The van der Waals surface area contributed by atoms with E-state index in [1.165, 1.54) is 16.9 Å². The van der Waals surface area contributed by atoms with Gasteiger partial charge < -0.3 is 14.6 Å². The summed E-state index contributed by atoms with van der Waals surface area (Å²) in [5.41, 5.74) is 4.24. The molecule has 1 aliphatic rings. The molecule has 0 radical (unpaired) electrons. The van der Waals surface area contributed by atoms with Gasteiger partial charge in [-0.3, -0.25) is 9.69 Å². The van der Waals surface area contributed by atoms with E-state index in [1.54, 1.807) is 7.11 Å². The minimum atomic E-state index is -0.0360. The van der Waals surface area contributed by atoms with Gasteiger partial charge in [-0.15, -0.1) is 11.3 Å². The highest BCUT2D eigenvalue weighted by molar-refractivity contribution is 7.17. The standard InChI is InChI=1S/C24H25N3O2S/c1-26-10-12-27(13-11-26)15-16-3-5-17(6-4-16)21-20(29-2)8-7-19-22(21)18-9-14-30-23(18)24(28)25-19/h3-9,14H,10-13,15H2,1-2H3,(H,25,28). The maximum atomic E-state index is 12.4. The van der Waals surface area contributed by atoms with E-state index >= 15 is 0 Å². The van der Waals surface area contributed by atoms with Crippen LogP contribution in [0.4, 0.5) is 0 Å². The largest absolute Gasteiger partial charge is 0.496 e. The summed E-state index contributed by atoms with van der Waals surface area (Å²) >= 11 is 1.47. The predicted octanol–water partition coefficient (Wildman–Crippen LogP) is 4.17. The van der Waals surface area contributed by atoms with Gasteiger partial charge in [-0.1, -0.05) is 24.3 Å².